The number of carbonyl (C=O) groups is 1. The summed E-state index contributed by atoms with van der Waals surface area (Å²) < 4.78 is 70.5. The first-order valence-corrected chi connectivity index (χ1v) is 7.80. The Bertz CT molecular complexity index is 697. The van der Waals surface area contributed by atoms with Gasteiger partial charge in [-0.1, -0.05) is 13.8 Å². The fourth-order valence-electron chi connectivity index (χ4n) is 2.72. The summed E-state index contributed by atoms with van der Waals surface area (Å²) >= 11 is 2.80. The zero-order valence-corrected chi connectivity index (χ0v) is 14.6. The maximum Gasteiger partial charge on any atom is 0.310 e. The summed E-state index contributed by atoms with van der Waals surface area (Å²) in [6, 6.07) is 0. The van der Waals surface area contributed by atoms with Crippen molar-refractivity contribution in [1.29, 1.82) is 0 Å². The van der Waals surface area contributed by atoms with Crippen molar-refractivity contribution in [2.45, 2.75) is 27.4 Å². The lowest BCUT2D eigenvalue weighted by atomic mass is 10.1. The lowest BCUT2D eigenvalue weighted by Crippen LogP contribution is -2.13. The molecule has 2 rings (SSSR count). The highest BCUT2D eigenvalue weighted by Gasteiger charge is 2.62. The molecule has 1 fully saturated rings. The molecule has 1 aromatic rings. The smallest absolute Gasteiger partial charge is 0.310 e. The Labute approximate surface area is 143 Å². The monoisotopic (exact) mass is 412 g/mol. The molecule has 2 atom stereocenters. The van der Waals surface area contributed by atoms with Gasteiger partial charge < -0.3 is 4.74 Å². The van der Waals surface area contributed by atoms with Crippen LogP contribution in [0.25, 0.3) is 0 Å². The fraction of sp³-hybridized carbons (Fsp3) is 0.438. The first kappa shape index (κ1) is 18.9. The largest absolute Gasteiger partial charge is 0.460 e. The number of carbonyl (C=O) groups excluding carboxylic acids is 1. The molecule has 8 heteroatoms. The molecule has 0 amide bonds. The van der Waals surface area contributed by atoms with Crippen molar-refractivity contribution in [1.82, 2.24) is 0 Å². The summed E-state index contributed by atoms with van der Waals surface area (Å²) in [7, 11) is 0. The van der Waals surface area contributed by atoms with E-state index in [-0.39, 0.29) is 4.47 Å². The lowest BCUT2D eigenvalue weighted by molar-refractivity contribution is -0.147. The number of esters is 1. The van der Waals surface area contributed by atoms with Gasteiger partial charge in [0.2, 0.25) is 0 Å². The molecular formula is C16H14BrF5O2. The van der Waals surface area contributed by atoms with E-state index in [2.05, 4.69) is 15.9 Å². The topological polar surface area (TPSA) is 26.3 Å². The van der Waals surface area contributed by atoms with E-state index in [9.17, 15) is 26.7 Å². The van der Waals surface area contributed by atoms with Crippen LogP contribution in [-0.4, -0.2) is 5.97 Å². The minimum Gasteiger partial charge on any atom is -0.460 e. The number of benzene rings is 1. The second kappa shape index (κ2) is 6.46. The van der Waals surface area contributed by atoms with Gasteiger partial charge in [-0.2, -0.15) is 8.78 Å². The Hall–Kier alpha value is -1.44. The second-order valence-corrected chi connectivity index (χ2v) is 7.04. The van der Waals surface area contributed by atoms with E-state index in [4.69, 9.17) is 4.74 Å². The Balaban J connectivity index is 2.16. The molecule has 0 aromatic heterocycles. The zero-order chi connectivity index (χ0) is 18.4. The van der Waals surface area contributed by atoms with Gasteiger partial charge in [-0.15, -0.1) is 0 Å². The predicted molar refractivity (Wildman–Crippen MR) is 79.6 cm³/mol. The summed E-state index contributed by atoms with van der Waals surface area (Å²) in [5.74, 6) is -6.03. The van der Waals surface area contributed by atoms with Crippen molar-refractivity contribution < 1.29 is 31.5 Å². The van der Waals surface area contributed by atoms with E-state index in [1.165, 1.54) is 0 Å². The quantitative estimate of drug-likeness (QED) is 0.382. The highest BCUT2D eigenvalue weighted by molar-refractivity contribution is 9.10. The Morgan fingerprint density at radius 1 is 1.21 bits per heavy atom. The zero-order valence-electron chi connectivity index (χ0n) is 13.0. The molecule has 0 N–H and O–H groups in total. The maximum absolute atomic E-state index is 13.9. The van der Waals surface area contributed by atoms with Crippen LogP contribution < -0.4 is 0 Å². The molecule has 0 unspecified atom stereocenters. The van der Waals surface area contributed by atoms with Crippen LogP contribution in [0.2, 0.25) is 0 Å². The molecule has 0 spiro atoms. The summed E-state index contributed by atoms with van der Waals surface area (Å²) in [4.78, 5) is 12.0. The Morgan fingerprint density at radius 3 is 2.33 bits per heavy atom. The second-order valence-electron chi connectivity index (χ2n) is 6.25. The molecule has 0 aliphatic heterocycles. The van der Waals surface area contributed by atoms with Gasteiger partial charge in [0, 0.05) is 17.0 Å². The van der Waals surface area contributed by atoms with E-state index in [0.29, 0.717) is 6.08 Å². The van der Waals surface area contributed by atoms with Crippen molar-refractivity contribution in [2.75, 3.05) is 0 Å². The number of hydrogen-bond donors (Lipinski definition) is 0. The van der Waals surface area contributed by atoms with E-state index in [1.807, 2.05) is 0 Å². The number of ether oxygens (including phenoxy) is 1. The molecule has 2 nitrogen and oxygen atoms in total. The summed E-state index contributed by atoms with van der Waals surface area (Å²) in [5, 5.41) is 0. The van der Waals surface area contributed by atoms with Crippen LogP contribution in [0.3, 0.4) is 0 Å². The summed E-state index contributed by atoms with van der Waals surface area (Å²) in [6.45, 7) is 3.60. The van der Waals surface area contributed by atoms with E-state index in [1.54, 1.807) is 13.8 Å². The third-order valence-electron chi connectivity index (χ3n) is 4.40. The third-order valence-corrected chi connectivity index (χ3v) is 5.23. The SMILES string of the molecule is Cc1c(F)c(F)c(COC(=O)[C@@H]2[C@@H](C=C(F)F)C2(C)C)c(Br)c1F. The van der Waals surface area contributed by atoms with Gasteiger partial charge in [0.15, 0.2) is 11.6 Å². The first-order valence-electron chi connectivity index (χ1n) is 7.01. The van der Waals surface area contributed by atoms with E-state index < -0.39 is 64.5 Å². The molecule has 0 radical (unpaired) electrons. The molecule has 0 heterocycles. The molecular weight excluding hydrogens is 399 g/mol. The summed E-state index contributed by atoms with van der Waals surface area (Å²) in [5.41, 5.74) is -1.70. The van der Waals surface area contributed by atoms with Crippen molar-refractivity contribution in [3.63, 3.8) is 0 Å². The Kier molecular flexibility index (Phi) is 5.09. The standard InChI is InChI=1S/C16H14BrF5O2/c1-6-12(20)11(17)7(14(22)13(6)21)5-24-15(23)10-8(4-9(18)19)16(10,2)3/h4,8,10H,5H2,1-3H3/t8-,10+/m1/s1. The van der Waals surface area contributed by atoms with Gasteiger partial charge in [0.05, 0.1) is 10.4 Å². The number of allylic oxidation sites excluding steroid dienone is 1. The van der Waals surface area contributed by atoms with Crippen LogP contribution in [-0.2, 0) is 16.1 Å². The molecule has 0 bridgehead atoms. The van der Waals surface area contributed by atoms with Gasteiger partial charge in [-0.25, -0.2) is 13.2 Å². The fourth-order valence-corrected chi connectivity index (χ4v) is 3.31. The third kappa shape index (κ3) is 3.20. The van der Waals surface area contributed by atoms with Gasteiger partial charge in [0.25, 0.3) is 6.08 Å². The van der Waals surface area contributed by atoms with Gasteiger partial charge in [-0.3, -0.25) is 4.79 Å². The van der Waals surface area contributed by atoms with E-state index >= 15 is 0 Å². The molecule has 0 saturated heterocycles. The van der Waals surface area contributed by atoms with Crippen LogP contribution in [0.1, 0.15) is 25.0 Å². The van der Waals surface area contributed by atoms with E-state index in [0.717, 1.165) is 6.92 Å². The van der Waals surface area contributed by atoms with Gasteiger partial charge >= 0.3 is 5.97 Å². The molecule has 1 aliphatic carbocycles. The van der Waals surface area contributed by atoms with Crippen LogP contribution in [0.4, 0.5) is 22.0 Å². The average Bonchev–Trinajstić information content (AvgIpc) is 3.02. The minimum absolute atomic E-state index is 0.340. The number of rotatable bonds is 4. The molecule has 132 valence electrons. The van der Waals surface area contributed by atoms with Gasteiger partial charge in [-0.05, 0) is 34.3 Å². The maximum atomic E-state index is 13.9. The van der Waals surface area contributed by atoms with Crippen LogP contribution in [0, 0.1) is 41.6 Å². The number of halogens is 6. The van der Waals surface area contributed by atoms with Crippen LogP contribution in [0.15, 0.2) is 16.6 Å². The number of hydrogen-bond acceptors (Lipinski definition) is 2. The predicted octanol–water partition coefficient (Wildman–Crippen LogP) is 5.27. The summed E-state index contributed by atoms with van der Waals surface area (Å²) in [6.07, 6.45) is -1.23. The van der Waals surface area contributed by atoms with Crippen molar-refractivity contribution in [2.24, 2.45) is 17.3 Å². The molecule has 1 aliphatic rings. The highest BCUT2D eigenvalue weighted by Crippen LogP contribution is 2.60. The van der Waals surface area contributed by atoms with Crippen molar-refractivity contribution in [3.8, 4) is 0 Å². The molecule has 1 aromatic carbocycles. The highest BCUT2D eigenvalue weighted by atomic mass is 79.9. The first-order chi connectivity index (χ1) is 11.0. The molecule has 1 saturated carbocycles. The normalized spacial score (nSPS) is 21.4. The van der Waals surface area contributed by atoms with Crippen molar-refractivity contribution in [3.05, 3.63) is 45.2 Å². The van der Waals surface area contributed by atoms with Gasteiger partial charge in [0.1, 0.15) is 12.4 Å². The molecule has 24 heavy (non-hydrogen) atoms. The average molecular weight is 413 g/mol. The van der Waals surface area contributed by atoms with Crippen molar-refractivity contribution >= 4 is 21.9 Å². The van der Waals surface area contributed by atoms with Crippen LogP contribution in [0.5, 0.6) is 0 Å². The lowest BCUT2D eigenvalue weighted by Gasteiger charge is -2.12. The van der Waals surface area contributed by atoms with Crippen LogP contribution >= 0.6 is 15.9 Å². The Morgan fingerprint density at radius 2 is 1.79 bits per heavy atom. The minimum atomic E-state index is -1.90.